The van der Waals surface area contributed by atoms with Gasteiger partial charge in [-0.05, 0) is 67.1 Å². The van der Waals surface area contributed by atoms with Crippen LogP contribution >= 0.6 is 12.6 Å². The molecule has 0 aromatic heterocycles. The number of thiol groups is 1. The van der Waals surface area contributed by atoms with Crippen LogP contribution in [0.15, 0.2) is 93.9 Å². The highest BCUT2D eigenvalue weighted by Crippen LogP contribution is 2.24. The number of nitrogens with zero attached hydrogens (tertiary/aromatic N) is 2. The van der Waals surface area contributed by atoms with Gasteiger partial charge in [0.15, 0.2) is 0 Å². The summed E-state index contributed by atoms with van der Waals surface area (Å²) in [5, 5.41) is 6.18. The van der Waals surface area contributed by atoms with Crippen LogP contribution in [0.2, 0.25) is 0 Å². The Balaban J connectivity index is 1.55. The highest BCUT2D eigenvalue weighted by Gasteiger charge is 2.30. The Morgan fingerprint density at radius 1 is 1.00 bits per heavy atom. The molecule has 0 aliphatic carbocycles. The Morgan fingerprint density at radius 2 is 1.67 bits per heavy atom. The van der Waals surface area contributed by atoms with Gasteiger partial charge in [0.05, 0.1) is 10.7 Å². The first-order chi connectivity index (χ1) is 17.1. The molecule has 186 valence electrons. The Kier molecular flexibility index (Phi) is 8.74. The molecule has 0 spiro atoms. The van der Waals surface area contributed by atoms with Gasteiger partial charge in [-0.1, -0.05) is 18.2 Å². The monoisotopic (exact) mass is 513 g/mol. The lowest BCUT2D eigenvalue weighted by molar-refractivity contribution is -0.274. The largest absolute Gasteiger partial charge is 0.573 e. The Labute approximate surface area is 211 Å². The molecule has 7 nitrogen and oxygen atoms in total. The average molecular weight is 514 g/mol. The number of carbonyl (C=O) groups excluding carboxylic acids is 1. The van der Waals surface area contributed by atoms with Gasteiger partial charge >= 0.3 is 6.36 Å². The van der Waals surface area contributed by atoms with Crippen molar-refractivity contribution in [1.82, 2.24) is 0 Å². The van der Waals surface area contributed by atoms with Gasteiger partial charge in [-0.25, -0.2) is 9.98 Å². The maximum Gasteiger partial charge on any atom is 0.573 e. The van der Waals surface area contributed by atoms with Gasteiger partial charge in [-0.2, -0.15) is 0 Å². The Hall–Kier alpha value is -4.25. The number of anilines is 2. The summed E-state index contributed by atoms with van der Waals surface area (Å²) in [4.78, 5) is 20.3. The third-order valence-electron chi connectivity index (χ3n) is 4.60. The molecule has 3 rings (SSSR count). The second-order valence-corrected chi connectivity index (χ2v) is 7.82. The van der Waals surface area contributed by atoms with Crippen molar-refractivity contribution in [2.75, 3.05) is 10.6 Å². The number of hydrogen-bond acceptors (Lipinski definition) is 5. The zero-order chi connectivity index (χ0) is 26.1. The second-order valence-electron chi connectivity index (χ2n) is 7.34. The van der Waals surface area contributed by atoms with Gasteiger partial charge in [-0.15, -0.1) is 25.8 Å². The third kappa shape index (κ3) is 8.51. The van der Waals surface area contributed by atoms with E-state index in [4.69, 9.17) is 5.73 Å². The van der Waals surface area contributed by atoms with E-state index >= 15 is 0 Å². The number of amides is 1. The molecule has 0 aliphatic heterocycles. The lowest BCUT2D eigenvalue weighted by Crippen LogP contribution is -2.16. The quantitative estimate of drug-likeness (QED) is 0.133. The number of amidine groups is 1. The summed E-state index contributed by atoms with van der Waals surface area (Å²) in [6, 6.07) is 19.3. The van der Waals surface area contributed by atoms with Crippen LogP contribution in [0, 0.1) is 6.92 Å². The van der Waals surface area contributed by atoms with Crippen molar-refractivity contribution < 1.29 is 22.7 Å². The summed E-state index contributed by atoms with van der Waals surface area (Å²) < 4.78 is 40.4. The van der Waals surface area contributed by atoms with Gasteiger partial charge < -0.3 is 21.1 Å². The molecular weight excluding hydrogens is 491 g/mol. The number of benzene rings is 3. The third-order valence-corrected chi connectivity index (χ3v) is 4.84. The standard InChI is InChI=1S/C25H22F3N5O2S/c1-16-4-2-3-5-21(16)33-23(36)14-22(34)32-19-8-6-17(7-9-19)24(29)31-15-30-18-10-12-20(13-11-18)35-25(26,27)28/h2-15,33,36H,1H3,(H,32,34)(H2,29,30,31)/b23-14-. The van der Waals surface area contributed by atoms with E-state index in [9.17, 15) is 18.0 Å². The van der Waals surface area contributed by atoms with Crippen LogP contribution in [0.5, 0.6) is 5.75 Å². The van der Waals surface area contributed by atoms with Crippen LogP contribution in [0.25, 0.3) is 0 Å². The number of hydrogen-bond donors (Lipinski definition) is 4. The normalized spacial score (nSPS) is 12.5. The van der Waals surface area contributed by atoms with E-state index in [1.54, 1.807) is 24.3 Å². The van der Waals surface area contributed by atoms with Crippen LogP contribution in [0.4, 0.5) is 30.2 Å². The molecule has 4 N–H and O–H groups in total. The van der Waals surface area contributed by atoms with Crippen LogP contribution in [0.3, 0.4) is 0 Å². The molecule has 0 unspecified atom stereocenters. The highest BCUT2D eigenvalue weighted by molar-refractivity contribution is 7.84. The minimum Gasteiger partial charge on any atom is -0.406 e. The van der Waals surface area contributed by atoms with E-state index in [1.807, 2.05) is 31.2 Å². The van der Waals surface area contributed by atoms with Crippen LogP contribution in [0.1, 0.15) is 11.1 Å². The van der Waals surface area contributed by atoms with E-state index in [1.165, 1.54) is 24.5 Å². The van der Waals surface area contributed by atoms with E-state index in [2.05, 4.69) is 38.0 Å². The molecule has 0 heterocycles. The van der Waals surface area contributed by atoms with Crippen molar-refractivity contribution in [3.05, 3.63) is 95.0 Å². The SMILES string of the molecule is Cc1ccccc1N/C(S)=C/C(=O)Nc1ccc(C(N)=NC=Nc2ccc(OC(F)(F)F)cc2)cc1. The maximum absolute atomic E-state index is 12.3. The number of carbonyl (C=O) groups is 1. The number of alkyl halides is 3. The van der Waals surface area contributed by atoms with Crippen molar-refractivity contribution in [2.24, 2.45) is 15.7 Å². The van der Waals surface area contributed by atoms with Crippen LogP contribution in [-0.4, -0.2) is 24.4 Å². The zero-order valence-electron chi connectivity index (χ0n) is 19.0. The molecule has 0 bridgehead atoms. The highest BCUT2D eigenvalue weighted by atomic mass is 32.1. The van der Waals surface area contributed by atoms with E-state index < -0.39 is 6.36 Å². The predicted octanol–water partition coefficient (Wildman–Crippen LogP) is 5.78. The summed E-state index contributed by atoms with van der Waals surface area (Å²) in [5.74, 6) is -0.553. The number of aryl methyl sites for hydroxylation is 1. The van der Waals surface area contributed by atoms with Crippen LogP contribution in [-0.2, 0) is 4.79 Å². The Morgan fingerprint density at radius 3 is 2.31 bits per heavy atom. The fourth-order valence-electron chi connectivity index (χ4n) is 2.88. The first-order valence-corrected chi connectivity index (χ1v) is 10.9. The first-order valence-electron chi connectivity index (χ1n) is 10.5. The smallest absolute Gasteiger partial charge is 0.406 e. The summed E-state index contributed by atoms with van der Waals surface area (Å²) >= 11 is 4.31. The molecule has 3 aromatic carbocycles. The van der Waals surface area contributed by atoms with E-state index in [-0.39, 0.29) is 17.5 Å². The molecule has 0 saturated heterocycles. The minimum absolute atomic E-state index is 0.161. The molecule has 0 saturated carbocycles. The number of para-hydroxylation sites is 1. The van der Waals surface area contributed by atoms with Crippen LogP contribution < -0.4 is 21.1 Å². The molecule has 3 aromatic rings. The molecule has 1 amide bonds. The van der Waals surface area contributed by atoms with E-state index in [0.29, 0.717) is 22.0 Å². The summed E-state index contributed by atoms with van der Waals surface area (Å²) in [7, 11) is 0. The molecule has 0 atom stereocenters. The molecule has 36 heavy (non-hydrogen) atoms. The number of nitrogens with one attached hydrogen (secondary N) is 2. The first kappa shape index (κ1) is 26.4. The predicted molar refractivity (Wildman–Crippen MR) is 139 cm³/mol. The topological polar surface area (TPSA) is 101 Å². The van der Waals surface area contributed by atoms with Crippen molar-refractivity contribution in [3.63, 3.8) is 0 Å². The second kappa shape index (κ2) is 11.9. The summed E-state index contributed by atoms with van der Waals surface area (Å²) in [6.45, 7) is 1.94. The van der Waals surface area contributed by atoms with E-state index in [0.717, 1.165) is 23.4 Å². The summed E-state index contributed by atoms with van der Waals surface area (Å²) in [5.41, 5.74) is 9.32. The van der Waals surface area contributed by atoms with Crippen molar-refractivity contribution in [1.29, 1.82) is 0 Å². The minimum atomic E-state index is -4.76. The molecule has 0 aliphatic rings. The fraction of sp³-hybridized carbons (Fsp3) is 0.0800. The van der Waals surface area contributed by atoms with Crippen molar-refractivity contribution in [2.45, 2.75) is 13.3 Å². The lowest BCUT2D eigenvalue weighted by Gasteiger charge is -2.09. The van der Waals surface area contributed by atoms with Gasteiger partial charge in [0, 0.05) is 23.0 Å². The van der Waals surface area contributed by atoms with Crippen molar-refractivity contribution in [3.8, 4) is 5.75 Å². The molecular formula is C25H22F3N5O2S. The number of aliphatic imine (C=N–C) groups is 2. The average Bonchev–Trinajstić information content (AvgIpc) is 2.81. The fourth-order valence-corrected chi connectivity index (χ4v) is 3.12. The number of rotatable bonds is 8. The van der Waals surface area contributed by atoms with Crippen molar-refractivity contribution >= 4 is 47.8 Å². The number of halogens is 3. The molecule has 0 radical (unpaired) electrons. The maximum atomic E-state index is 12.3. The number of nitrogens with two attached hydrogens (primary N) is 1. The number of ether oxygens (including phenoxy) is 1. The molecule has 11 heteroatoms. The molecule has 0 fully saturated rings. The lowest BCUT2D eigenvalue weighted by atomic mass is 10.2. The van der Waals surface area contributed by atoms with Gasteiger partial charge in [-0.3, -0.25) is 4.79 Å². The Bertz CT molecular complexity index is 1290. The van der Waals surface area contributed by atoms with Gasteiger partial charge in [0.25, 0.3) is 5.91 Å². The van der Waals surface area contributed by atoms with Gasteiger partial charge in [0.1, 0.15) is 17.9 Å². The zero-order valence-corrected chi connectivity index (χ0v) is 19.8. The van der Waals surface area contributed by atoms with Gasteiger partial charge in [0.2, 0.25) is 0 Å². The summed E-state index contributed by atoms with van der Waals surface area (Å²) in [6.07, 6.45) is -2.24.